The lowest BCUT2D eigenvalue weighted by Gasteiger charge is -2.08. The second-order valence-electron chi connectivity index (χ2n) is 5.60. The van der Waals surface area contributed by atoms with Gasteiger partial charge in [0.25, 0.3) is 0 Å². The van der Waals surface area contributed by atoms with Gasteiger partial charge in [0, 0.05) is 17.0 Å². The Kier molecular flexibility index (Phi) is 6.62. The van der Waals surface area contributed by atoms with Crippen LogP contribution in [0.1, 0.15) is 16.3 Å². The summed E-state index contributed by atoms with van der Waals surface area (Å²) in [7, 11) is 0. The van der Waals surface area contributed by atoms with E-state index in [1.54, 1.807) is 35.4 Å². The average Bonchev–Trinajstić information content (AvgIpc) is 3.11. The number of ether oxygens (including phenoxy) is 1. The molecule has 0 fully saturated rings. The van der Waals surface area contributed by atoms with E-state index in [1.807, 2.05) is 55.0 Å². The van der Waals surface area contributed by atoms with Crippen LogP contribution >= 0.6 is 23.1 Å². The highest BCUT2D eigenvalue weighted by atomic mass is 32.2. The zero-order valence-corrected chi connectivity index (χ0v) is 16.6. The van der Waals surface area contributed by atoms with Gasteiger partial charge in [-0.2, -0.15) is 0 Å². The summed E-state index contributed by atoms with van der Waals surface area (Å²) in [5, 5.41) is 6.70. The number of aryl methyl sites for hydroxylation is 1. The van der Waals surface area contributed by atoms with E-state index in [0.717, 1.165) is 21.3 Å². The van der Waals surface area contributed by atoms with Crippen LogP contribution in [0.15, 0.2) is 59.1 Å². The largest absolute Gasteiger partial charge is 0.487 e. The number of thiazole rings is 1. The van der Waals surface area contributed by atoms with E-state index in [2.05, 4.69) is 15.3 Å². The fourth-order valence-electron chi connectivity index (χ4n) is 2.30. The Balaban J connectivity index is 1.62. The van der Waals surface area contributed by atoms with Crippen molar-refractivity contribution in [3.63, 3.8) is 0 Å². The molecule has 7 heteroatoms. The summed E-state index contributed by atoms with van der Waals surface area (Å²) in [6.07, 6.45) is 6.82. The second kappa shape index (κ2) is 9.34. The average molecular weight is 398 g/mol. The summed E-state index contributed by atoms with van der Waals surface area (Å²) in [5.74, 6) is 0.483. The number of hydrogen-bond acceptors (Lipinski definition) is 6. The summed E-state index contributed by atoms with van der Waals surface area (Å²) in [5.41, 5.74) is 2.39. The summed E-state index contributed by atoms with van der Waals surface area (Å²) >= 11 is 3.15. The van der Waals surface area contributed by atoms with Crippen molar-refractivity contribution in [1.82, 2.24) is 9.97 Å². The summed E-state index contributed by atoms with van der Waals surface area (Å²) in [4.78, 5) is 20.8. The van der Waals surface area contributed by atoms with Crippen molar-refractivity contribution in [1.29, 1.82) is 0 Å². The molecule has 3 rings (SSSR count). The van der Waals surface area contributed by atoms with E-state index in [4.69, 9.17) is 4.74 Å². The lowest BCUT2D eigenvalue weighted by Crippen LogP contribution is -2.08. The molecule has 0 atom stereocenters. The highest BCUT2D eigenvalue weighted by Gasteiger charge is 2.04. The highest BCUT2D eigenvalue weighted by Crippen LogP contribution is 2.21. The van der Waals surface area contributed by atoms with E-state index >= 15 is 0 Å². The van der Waals surface area contributed by atoms with Crippen LogP contribution in [0, 0.1) is 6.92 Å². The van der Waals surface area contributed by atoms with E-state index in [1.165, 1.54) is 6.08 Å². The topological polar surface area (TPSA) is 64.1 Å². The number of thioether (sulfide) groups is 1. The number of nitrogens with one attached hydrogen (secondary N) is 1. The molecule has 0 bridgehead atoms. The minimum absolute atomic E-state index is 0.223. The van der Waals surface area contributed by atoms with Crippen LogP contribution in [0.4, 0.5) is 5.69 Å². The summed E-state index contributed by atoms with van der Waals surface area (Å²) < 4.78 is 5.86. The molecule has 138 valence electrons. The normalized spacial score (nSPS) is 10.9. The molecule has 1 amide bonds. The first-order valence-electron chi connectivity index (χ1n) is 8.26. The van der Waals surface area contributed by atoms with E-state index in [-0.39, 0.29) is 5.91 Å². The Morgan fingerprint density at radius 1 is 1.30 bits per heavy atom. The van der Waals surface area contributed by atoms with Gasteiger partial charge < -0.3 is 10.1 Å². The molecule has 0 aliphatic rings. The molecule has 3 aromatic rings. The van der Waals surface area contributed by atoms with Crippen LogP contribution in [0.25, 0.3) is 6.08 Å². The van der Waals surface area contributed by atoms with Gasteiger partial charge in [0.05, 0.1) is 27.6 Å². The van der Waals surface area contributed by atoms with Crippen molar-refractivity contribution < 1.29 is 9.53 Å². The van der Waals surface area contributed by atoms with Crippen molar-refractivity contribution in [2.24, 2.45) is 0 Å². The smallest absolute Gasteiger partial charge is 0.248 e. The fourth-order valence-corrected chi connectivity index (χ4v) is 3.26. The minimum Gasteiger partial charge on any atom is -0.487 e. The van der Waals surface area contributed by atoms with Gasteiger partial charge in [0.2, 0.25) is 5.91 Å². The van der Waals surface area contributed by atoms with Crippen LogP contribution < -0.4 is 10.1 Å². The third-order valence-corrected chi connectivity index (χ3v) is 5.07. The molecule has 27 heavy (non-hydrogen) atoms. The molecule has 0 saturated carbocycles. The molecule has 0 spiro atoms. The number of carbonyl (C=O) groups is 1. The fraction of sp³-hybridized carbons (Fsp3) is 0.150. The molecule has 1 aromatic carbocycles. The standard InChI is InChI=1S/C20H19N3O2S2/c1-14-22-17(13-27-14)12-25-18-6-4-3-5-15(18)7-9-19(24)23-16-8-10-20(26-2)21-11-16/h3-11,13H,12H2,1-2H3,(H,23,24)/b9-7+. The van der Waals surface area contributed by atoms with Crippen LogP contribution in [0.3, 0.4) is 0 Å². The van der Waals surface area contributed by atoms with Gasteiger partial charge in [-0.1, -0.05) is 18.2 Å². The lowest BCUT2D eigenvalue weighted by molar-refractivity contribution is -0.111. The molecule has 0 radical (unpaired) electrons. The molecule has 2 heterocycles. The molecule has 0 saturated heterocycles. The molecule has 0 unspecified atom stereocenters. The number of aromatic nitrogens is 2. The zero-order chi connectivity index (χ0) is 19.1. The van der Waals surface area contributed by atoms with Gasteiger partial charge in [-0.25, -0.2) is 9.97 Å². The third-order valence-electron chi connectivity index (χ3n) is 3.59. The number of hydrogen-bond donors (Lipinski definition) is 1. The first kappa shape index (κ1) is 19.1. The Morgan fingerprint density at radius 2 is 2.15 bits per heavy atom. The van der Waals surface area contributed by atoms with Gasteiger partial charge in [-0.15, -0.1) is 23.1 Å². The molecule has 2 aromatic heterocycles. The molecular formula is C20H19N3O2S2. The van der Waals surface area contributed by atoms with Crippen LogP contribution in [0.2, 0.25) is 0 Å². The number of rotatable bonds is 7. The number of carbonyl (C=O) groups excluding carboxylic acids is 1. The van der Waals surface area contributed by atoms with Gasteiger partial charge >= 0.3 is 0 Å². The maximum atomic E-state index is 12.2. The second-order valence-corrected chi connectivity index (χ2v) is 7.48. The van der Waals surface area contributed by atoms with Crippen LogP contribution in [0.5, 0.6) is 5.75 Å². The van der Waals surface area contributed by atoms with E-state index in [0.29, 0.717) is 18.0 Å². The monoisotopic (exact) mass is 397 g/mol. The number of amides is 1. The SMILES string of the molecule is CSc1ccc(NC(=O)/C=C/c2ccccc2OCc2csc(C)n2)cn1. The highest BCUT2D eigenvalue weighted by molar-refractivity contribution is 7.98. The number of nitrogens with zero attached hydrogens (tertiary/aromatic N) is 2. The number of pyridine rings is 1. The van der Waals surface area contributed by atoms with E-state index in [9.17, 15) is 4.79 Å². The van der Waals surface area contributed by atoms with Gasteiger partial charge in [-0.3, -0.25) is 4.79 Å². The maximum absolute atomic E-state index is 12.2. The molecule has 0 aliphatic heterocycles. The predicted molar refractivity (Wildman–Crippen MR) is 111 cm³/mol. The lowest BCUT2D eigenvalue weighted by atomic mass is 10.2. The Morgan fingerprint density at radius 3 is 2.85 bits per heavy atom. The molecular weight excluding hydrogens is 378 g/mol. The van der Waals surface area contributed by atoms with Gasteiger partial charge in [0.15, 0.2) is 0 Å². The number of benzene rings is 1. The van der Waals surface area contributed by atoms with Crippen molar-refractivity contribution >= 4 is 40.8 Å². The number of anilines is 1. The quantitative estimate of drug-likeness (QED) is 0.458. The minimum atomic E-state index is -0.223. The predicted octanol–water partition coefficient (Wildman–Crippen LogP) is 4.80. The van der Waals surface area contributed by atoms with Gasteiger partial charge in [-0.05, 0) is 37.5 Å². The van der Waals surface area contributed by atoms with Crippen molar-refractivity contribution in [3.8, 4) is 5.75 Å². The third kappa shape index (κ3) is 5.67. The maximum Gasteiger partial charge on any atom is 0.248 e. The zero-order valence-electron chi connectivity index (χ0n) is 15.0. The van der Waals surface area contributed by atoms with Crippen LogP contribution in [-0.4, -0.2) is 22.1 Å². The Bertz CT molecular complexity index is 936. The molecule has 1 N–H and O–H groups in total. The van der Waals surface area contributed by atoms with E-state index < -0.39 is 0 Å². The summed E-state index contributed by atoms with van der Waals surface area (Å²) in [6, 6.07) is 11.3. The van der Waals surface area contributed by atoms with Crippen molar-refractivity contribution in [2.75, 3.05) is 11.6 Å². The number of para-hydroxylation sites is 1. The van der Waals surface area contributed by atoms with Crippen molar-refractivity contribution in [2.45, 2.75) is 18.6 Å². The molecule has 0 aliphatic carbocycles. The first-order valence-corrected chi connectivity index (χ1v) is 10.4. The molecule has 5 nitrogen and oxygen atoms in total. The summed E-state index contributed by atoms with van der Waals surface area (Å²) in [6.45, 7) is 2.36. The first-order chi connectivity index (χ1) is 13.1. The Labute approximate surface area is 166 Å². The van der Waals surface area contributed by atoms with Crippen LogP contribution in [-0.2, 0) is 11.4 Å². The van der Waals surface area contributed by atoms with Crippen molar-refractivity contribution in [3.05, 3.63) is 70.3 Å². The van der Waals surface area contributed by atoms with Gasteiger partial charge in [0.1, 0.15) is 12.4 Å². The Hall–Kier alpha value is -2.64.